The van der Waals surface area contributed by atoms with Gasteiger partial charge in [-0.3, -0.25) is 19.6 Å². The topological polar surface area (TPSA) is 99.3 Å². The first-order chi connectivity index (χ1) is 13.7. The number of aromatic nitrogens is 2. The third-order valence-corrected chi connectivity index (χ3v) is 4.70. The van der Waals surface area contributed by atoms with Crippen LogP contribution in [-0.2, 0) is 7.05 Å². The summed E-state index contributed by atoms with van der Waals surface area (Å²) in [4.78, 5) is 23.5. The molecule has 150 valence electrons. The Labute approximate surface area is 172 Å². The highest BCUT2D eigenvalue weighted by Crippen LogP contribution is 2.32. The molecule has 0 saturated heterocycles. The number of nitro benzene ring substituents is 1. The molecule has 1 heterocycles. The summed E-state index contributed by atoms with van der Waals surface area (Å²) < 4.78 is 7.41. The Kier molecular flexibility index (Phi) is 5.56. The lowest BCUT2D eigenvalue weighted by Crippen LogP contribution is -2.14. The van der Waals surface area contributed by atoms with Gasteiger partial charge < -0.3 is 10.1 Å². The van der Waals surface area contributed by atoms with Crippen LogP contribution in [0, 0.1) is 30.9 Å². The molecule has 3 aromatic rings. The number of carbonyl (C=O) groups is 1. The van der Waals surface area contributed by atoms with E-state index in [1.807, 2.05) is 6.92 Å². The molecule has 0 saturated carbocycles. The van der Waals surface area contributed by atoms with Crippen LogP contribution in [0.15, 0.2) is 36.4 Å². The molecular weight excluding hydrogens is 396 g/mol. The van der Waals surface area contributed by atoms with Gasteiger partial charge in [0.1, 0.15) is 11.5 Å². The molecule has 0 bridgehead atoms. The Morgan fingerprint density at radius 3 is 2.52 bits per heavy atom. The number of halogens is 1. The van der Waals surface area contributed by atoms with Gasteiger partial charge in [-0.2, -0.15) is 5.10 Å². The van der Waals surface area contributed by atoms with E-state index in [-0.39, 0.29) is 17.1 Å². The molecule has 1 aromatic heterocycles. The van der Waals surface area contributed by atoms with Crippen molar-refractivity contribution in [1.82, 2.24) is 9.78 Å². The SMILES string of the molecule is Cc1cc(Cl)ccc1Oc1cc(NC(=O)c2c(C)nn(C)c2C)cc([N+](=O)[O-])c1. The predicted octanol–water partition coefficient (Wildman–Crippen LogP) is 4.95. The first-order valence-electron chi connectivity index (χ1n) is 8.70. The van der Waals surface area contributed by atoms with Gasteiger partial charge in [0.2, 0.25) is 0 Å². The van der Waals surface area contributed by atoms with Crippen molar-refractivity contribution in [2.75, 3.05) is 5.32 Å². The molecule has 0 aliphatic heterocycles. The van der Waals surface area contributed by atoms with Crippen LogP contribution in [0.4, 0.5) is 11.4 Å². The minimum Gasteiger partial charge on any atom is -0.457 e. The lowest BCUT2D eigenvalue weighted by molar-refractivity contribution is -0.384. The maximum absolute atomic E-state index is 12.7. The summed E-state index contributed by atoms with van der Waals surface area (Å²) in [6.45, 7) is 5.32. The molecule has 29 heavy (non-hydrogen) atoms. The van der Waals surface area contributed by atoms with Crippen LogP contribution < -0.4 is 10.1 Å². The van der Waals surface area contributed by atoms with E-state index in [9.17, 15) is 14.9 Å². The number of aryl methyl sites for hydroxylation is 3. The number of rotatable bonds is 5. The van der Waals surface area contributed by atoms with Crippen molar-refractivity contribution in [1.29, 1.82) is 0 Å². The summed E-state index contributed by atoms with van der Waals surface area (Å²) in [7, 11) is 1.74. The maximum atomic E-state index is 12.7. The number of non-ortho nitro benzene ring substituents is 1. The summed E-state index contributed by atoms with van der Waals surface area (Å²) >= 11 is 5.96. The number of ether oxygens (including phenoxy) is 1. The van der Waals surface area contributed by atoms with Crippen LogP contribution in [0.2, 0.25) is 5.02 Å². The maximum Gasteiger partial charge on any atom is 0.275 e. The first kappa shape index (κ1) is 20.3. The summed E-state index contributed by atoms with van der Waals surface area (Å²) in [5.41, 5.74) is 2.50. The van der Waals surface area contributed by atoms with Gasteiger partial charge in [0.05, 0.1) is 27.9 Å². The number of amides is 1. The van der Waals surface area contributed by atoms with E-state index >= 15 is 0 Å². The molecule has 0 aliphatic rings. The van der Waals surface area contributed by atoms with Crippen LogP contribution in [0.5, 0.6) is 11.5 Å². The second kappa shape index (κ2) is 7.92. The third-order valence-electron chi connectivity index (χ3n) is 4.46. The highest BCUT2D eigenvalue weighted by molar-refractivity contribution is 6.30. The van der Waals surface area contributed by atoms with Crippen molar-refractivity contribution >= 4 is 28.9 Å². The number of hydrogen-bond donors (Lipinski definition) is 1. The quantitative estimate of drug-likeness (QED) is 0.470. The lowest BCUT2D eigenvalue weighted by atomic mass is 10.1. The van der Waals surface area contributed by atoms with Gasteiger partial charge in [-0.15, -0.1) is 0 Å². The second-order valence-corrected chi connectivity index (χ2v) is 7.04. The Morgan fingerprint density at radius 2 is 1.93 bits per heavy atom. The Bertz CT molecular complexity index is 1120. The van der Waals surface area contributed by atoms with Crippen LogP contribution in [0.25, 0.3) is 0 Å². The summed E-state index contributed by atoms with van der Waals surface area (Å²) in [5.74, 6) is 0.327. The number of nitrogens with zero attached hydrogens (tertiary/aromatic N) is 3. The molecular formula is C20H19ClN4O4. The van der Waals surface area contributed by atoms with E-state index in [0.717, 1.165) is 5.56 Å². The van der Waals surface area contributed by atoms with E-state index in [2.05, 4.69) is 10.4 Å². The van der Waals surface area contributed by atoms with Gasteiger partial charge in [-0.1, -0.05) is 11.6 Å². The van der Waals surface area contributed by atoms with E-state index in [4.69, 9.17) is 16.3 Å². The Hall–Kier alpha value is -3.39. The monoisotopic (exact) mass is 414 g/mol. The molecule has 0 unspecified atom stereocenters. The average molecular weight is 415 g/mol. The van der Waals surface area contributed by atoms with E-state index < -0.39 is 10.8 Å². The lowest BCUT2D eigenvalue weighted by Gasteiger charge is -2.11. The summed E-state index contributed by atoms with van der Waals surface area (Å²) in [5, 5.41) is 18.8. The van der Waals surface area contributed by atoms with E-state index in [1.165, 1.54) is 18.2 Å². The Morgan fingerprint density at radius 1 is 1.21 bits per heavy atom. The minimum atomic E-state index is -0.544. The van der Waals surface area contributed by atoms with E-state index in [1.54, 1.807) is 43.8 Å². The number of nitrogens with one attached hydrogen (secondary N) is 1. The zero-order valence-electron chi connectivity index (χ0n) is 16.3. The molecule has 8 nitrogen and oxygen atoms in total. The van der Waals surface area contributed by atoms with Crippen LogP contribution >= 0.6 is 11.6 Å². The molecule has 0 spiro atoms. The molecule has 1 amide bonds. The van der Waals surface area contributed by atoms with Gasteiger partial charge in [0.25, 0.3) is 11.6 Å². The van der Waals surface area contributed by atoms with Crippen molar-refractivity contribution < 1.29 is 14.5 Å². The van der Waals surface area contributed by atoms with Crippen LogP contribution in [0.1, 0.15) is 27.3 Å². The smallest absolute Gasteiger partial charge is 0.275 e. The fourth-order valence-corrected chi connectivity index (χ4v) is 3.20. The van der Waals surface area contributed by atoms with Gasteiger partial charge in [-0.05, 0) is 44.5 Å². The zero-order valence-corrected chi connectivity index (χ0v) is 17.1. The second-order valence-electron chi connectivity index (χ2n) is 6.61. The number of nitro groups is 1. The van der Waals surface area contributed by atoms with Crippen molar-refractivity contribution in [3.8, 4) is 11.5 Å². The normalized spacial score (nSPS) is 10.7. The van der Waals surface area contributed by atoms with Crippen molar-refractivity contribution in [3.63, 3.8) is 0 Å². The molecule has 3 rings (SSSR count). The van der Waals surface area contributed by atoms with Crippen LogP contribution in [-0.4, -0.2) is 20.6 Å². The molecule has 9 heteroatoms. The van der Waals surface area contributed by atoms with Gasteiger partial charge in [0, 0.05) is 29.9 Å². The minimum absolute atomic E-state index is 0.205. The Balaban J connectivity index is 1.94. The van der Waals surface area contributed by atoms with Crippen LogP contribution in [0.3, 0.4) is 0 Å². The number of anilines is 1. The largest absolute Gasteiger partial charge is 0.457 e. The van der Waals surface area contributed by atoms with E-state index in [0.29, 0.717) is 27.7 Å². The fourth-order valence-electron chi connectivity index (χ4n) is 2.97. The van der Waals surface area contributed by atoms with Crippen molar-refractivity contribution in [2.45, 2.75) is 20.8 Å². The molecule has 0 aliphatic carbocycles. The molecule has 1 N–H and O–H groups in total. The van der Waals surface area contributed by atoms with Crippen molar-refractivity contribution in [3.05, 3.63) is 74.0 Å². The summed E-state index contributed by atoms with van der Waals surface area (Å²) in [6, 6.07) is 9.17. The summed E-state index contributed by atoms with van der Waals surface area (Å²) in [6.07, 6.45) is 0. The zero-order chi connectivity index (χ0) is 21.3. The predicted molar refractivity (Wildman–Crippen MR) is 110 cm³/mol. The molecule has 0 radical (unpaired) electrons. The number of hydrogen-bond acceptors (Lipinski definition) is 5. The fraction of sp³-hybridized carbons (Fsp3) is 0.200. The highest BCUT2D eigenvalue weighted by Gasteiger charge is 2.19. The van der Waals surface area contributed by atoms with Gasteiger partial charge in [0.15, 0.2) is 0 Å². The van der Waals surface area contributed by atoms with Crippen molar-refractivity contribution in [2.24, 2.45) is 7.05 Å². The first-order valence-corrected chi connectivity index (χ1v) is 9.08. The molecule has 2 aromatic carbocycles. The molecule has 0 atom stereocenters. The third kappa shape index (κ3) is 4.38. The highest BCUT2D eigenvalue weighted by atomic mass is 35.5. The molecule has 0 fully saturated rings. The van der Waals surface area contributed by atoms with Gasteiger partial charge >= 0.3 is 0 Å². The number of carbonyl (C=O) groups excluding carboxylic acids is 1. The standard InChI is InChI=1S/C20H19ClN4O4/c1-11-7-14(21)5-6-18(11)29-17-9-15(8-16(10-17)25(27)28)22-20(26)19-12(2)23-24(4)13(19)3/h5-10H,1-4H3,(H,22,26). The average Bonchev–Trinajstić information content (AvgIpc) is 2.89. The number of benzene rings is 2. The van der Waals surface area contributed by atoms with Gasteiger partial charge in [-0.25, -0.2) is 0 Å².